The molecule has 2 unspecified atom stereocenters. The van der Waals surface area contributed by atoms with Gasteiger partial charge in [0.15, 0.2) is 0 Å². The van der Waals surface area contributed by atoms with Gasteiger partial charge >= 0.3 is 0 Å². The number of hydrogen-bond acceptors (Lipinski definition) is 0. The average molecular weight is 479 g/mol. The Labute approximate surface area is 207 Å². The van der Waals surface area contributed by atoms with Crippen LogP contribution < -0.4 is 0 Å². The number of allylic oxidation sites excluding steroid dienone is 4. The van der Waals surface area contributed by atoms with Crippen LogP contribution in [0.2, 0.25) is 0 Å². The molecule has 0 amide bonds. The summed E-state index contributed by atoms with van der Waals surface area (Å²) in [6.45, 7) is 19.3. The summed E-state index contributed by atoms with van der Waals surface area (Å²) in [6, 6.07) is 17.9. The van der Waals surface area contributed by atoms with Crippen LogP contribution in [0.4, 0.5) is 0 Å². The number of rotatable bonds is 9. The van der Waals surface area contributed by atoms with Crippen LogP contribution in [0.5, 0.6) is 0 Å². The maximum absolute atomic E-state index is 3.33. The minimum absolute atomic E-state index is 0.187. The van der Waals surface area contributed by atoms with Crippen LogP contribution in [-0.4, -0.2) is 16.5 Å². The van der Waals surface area contributed by atoms with Gasteiger partial charge in [-0.15, -0.1) is 9.24 Å². The maximum atomic E-state index is 3.33. The van der Waals surface area contributed by atoms with Gasteiger partial charge in [-0.25, -0.2) is 0 Å². The number of hydrogen-bond donors (Lipinski definition) is 0. The summed E-state index contributed by atoms with van der Waals surface area (Å²) in [5, 5.41) is 0.509. The molecule has 0 saturated heterocycles. The lowest BCUT2D eigenvalue weighted by Gasteiger charge is -2.47. The molecule has 0 nitrogen and oxygen atoms in total. The summed E-state index contributed by atoms with van der Waals surface area (Å²) in [5.41, 5.74) is 7.04. The summed E-state index contributed by atoms with van der Waals surface area (Å²) in [5.74, 6) is 0.462. The van der Waals surface area contributed by atoms with Crippen molar-refractivity contribution in [2.45, 2.75) is 83.7 Å². The molecule has 0 saturated carbocycles. The molecule has 2 aromatic carbocycles. The highest BCUT2D eigenvalue weighted by molar-refractivity contribution is 7.60. The summed E-state index contributed by atoms with van der Waals surface area (Å²) < 4.78 is 0. The monoisotopic (exact) mass is 478 g/mol. The first-order valence-corrected chi connectivity index (χ1v) is 14.7. The normalized spacial score (nSPS) is 17.0. The first kappa shape index (κ1) is 26.4. The molecule has 1 aliphatic carbocycles. The molecule has 2 atom stereocenters. The fraction of sp³-hybridized carbons (Fsp3) is 0.484. The SMILES string of the molecule is CCC(C)(C)P(CC1C=CC=C1C(P)(c1ccccc1C)c1ccccc1C)C(C)(C)CC. The second-order valence-corrected chi connectivity index (χ2v) is 15.5. The van der Waals surface area contributed by atoms with Gasteiger partial charge in [0.1, 0.15) is 0 Å². The van der Waals surface area contributed by atoms with E-state index in [0.717, 1.165) is 0 Å². The van der Waals surface area contributed by atoms with Gasteiger partial charge in [-0.3, -0.25) is 0 Å². The zero-order valence-corrected chi connectivity index (χ0v) is 24.1. The first-order valence-electron chi connectivity index (χ1n) is 12.6. The molecule has 0 aromatic heterocycles. The van der Waals surface area contributed by atoms with Gasteiger partial charge in [0.05, 0.1) is 5.16 Å². The number of benzene rings is 2. The maximum Gasteiger partial charge on any atom is 0.0565 e. The van der Waals surface area contributed by atoms with E-state index in [1.54, 1.807) is 0 Å². The Morgan fingerprint density at radius 1 is 0.788 bits per heavy atom. The third-order valence-electron chi connectivity index (χ3n) is 8.18. The van der Waals surface area contributed by atoms with Crippen LogP contribution >= 0.6 is 17.2 Å². The Kier molecular flexibility index (Phi) is 8.14. The van der Waals surface area contributed by atoms with E-state index in [4.69, 9.17) is 0 Å². The highest BCUT2D eigenvalue weighted by atomic mass is 31.1. The predicted octanol–water partition coefficient (Wildman–Crippen LogP) is 9.39. The van der Waals surface area contributed by atoms with E-state index in [1.807, 2.05) is 0 Å². The zero-order chi connectivity index (χ0) is 24.4. The molecule has 0 radical (unpaired) electrons. The molecular formula is C31H44P2. The lowest BCUT2D eigenvalue weighted by atomic mass is 9.77. The van der Waals surface area contributed by atoms with E-state index in [0.29, 0.717) is 16.2 Å². The first-order chi connectivity index (χ1) is 15.5. The van der Waals surface area contributed by atoms with Crippen LogP contribution in [-0.2, 0) is 5.16 Å². The molecule has 0 aliphatic heterocycles. The summed E-state index contributed by atoms with van der Waals surface area (Å²) in [4.78, 5) is 0. The second-order valence-electron chi connectivity index (χ2n) is 11.0. The van der Waals surface area contributed by atoms with Crippen molar-refractivity contribution in [3.63, 3.8) is 0 Å². The number of aryl methyl sites for hydroxylation is 2. The van der Waals surface area contributed by atoms with Crippen molar-refractivity contribution in [3.05, 3.63) is 94.6 Å². The van der Waals surface area contributed by atoms with Crippen LogP contribution in [0.1, 0.15) is 76.6 Å². The van der Waals surface area contributed by atoms with Crippen molar-refractivity contribution in [1.29, 1.82) is 0 Å². The highest BCUT2D eigenvalue weighted by Crippen LogP contribution is 2.64. The van der Waals surface area contributed by atoms with E-state index in [2.05, 4.69) is 131 Å². The van der Waals surface area contributed by atoms with Crippen LogP contribution in [0.25, 0.3) is 0 Å². The zero-order valence-electron chi connectivity index (χ0n) is 22.1. The van der Waals surface area contributed by atoms with Crippen molar-refractivity contribution in [2.75, 3.05) is 6.16 Å². The van der Waals surface area contributed by atoms with Gasteiger partial charge in [0.2, 0.25) is 0 Å². The molecule has 0 spiro atoms. The quantitative estimate of drug-likeness (QED) is 0.315. The molecule has 1 aliphatic rings. The molecular weight excluding hydrogens is 434 g/mol. The Morgan fingerprint density at radius 2 is 1.24 bits per heavy atom. The van der Waals surface area contributed by atoms with Gasteiger partial charge in [-0.05, 0) is 71.0 Å². The fourth-order valence-electron chi connectivity index (χ4n) is 5.48. The predicted molar refractivity (Wildman–Crippen MR) is 154 cm³/mol. The van der Waals surface area contributed by atoms with Gasteiger partial charge in [0.25, 0.3) is 0 Å². The molecule has 2 heteroatoms. The van der Waals surface area contributed by atoms with Crippen LogP contribution in [0.3, 0.4) is 0 Å². The summed E-state index contributed by atoms with van der Waals surface area (Å²) >= 11 is 0. The van der Waals surface area contributed by atoms with Crippen molar-refractivity contribution < 1.29 is 0 Å². The van der Waals surface area contributed by atoms with Crippen molar-refractivity contribution >= 4 is 17.2 Å². The lowest BCUT2D eigenvalue weighted by molar-refractivity contribution is 0.594. The van der Waals surface area contributed by atoms with E-state index >= 15 is 0 Å². The summed E-state index contributed by atoms with van der Waals surface area (Å²) in [7, 11) is 3.14. The highest BCUT2D eigenvalue weighted by Gasteiger charge is 2.44. The van der Waals surface area contributed by atoms with Gasteiger partial charge in [-0.1, -0.05) is 116 Å². The van der Waals surface area contributed by atoms with E-state index in [1.165, 1.54) is 46.8 Å². The minimum Gasteiger partial charge on any atom is -0.117 e. The fourth-order valence-corrected chi connectivity index (χ4v) is 10.5. The van der Waals surface area contributed by atoms with Gasteiger partial charge < -0.3 is 0 Å². The standard InChI is InChI=1S/C31H44P2/c1-9-29(5,6)33(30(7,8)10-2)22-25-18-15-21-28(25)31(32,26-19-13-11-16-23(26)3)27-20-14-12-17-24(27)4/h11-21,25H,9-10,22,32H2,1-8H3. The Hall–Kier alpha value is -1.22. The third-order valence-corrected chi connectivity index (χ3v) is 13.5. The second kappa shape index (κ2) is 10.2. The van der Waals surface area contributed by atoms with Gasteiger partial charge in [-0.2, -0.15) is 0 Å². The summed E-state index contributed by atoms with van der Waals surface area (Å²) in [6.07, 6.45) is 11.0. The molecule has 0 heterocycles. The smallest absolute Gasteiger partial charge is 0.0565 e. The van der Waals surface area contributed by atoms with Crippen molar-refractivity contribution in [2.24, 2.45) is 5.92 Å². The van der Waals surface area contributed by atoms with Crippen LogP contribution in [0.15, 0.2) is 72.3 Å². The van der Waals surface area contributed by atoms with Crippen LogP contribution in [0, 0.1) is 19.8 Å². The minimum atomic E-state index is -0.224. The molecule has 2 aromatic rings. The Bertz CT molecular complexity index is 963. The Morgan fingerprint density at radius 3 is 1.67 bits per heavy atom. The van der Waals surface area contributed by atoms with E-state index in [-0.39, 0.29) is 13.1 Å². The van der Waals surface area contributed by atoms with Crippen molar-refractivity contribution in [1.82, 2.24) is 0 Å². The van der Waals surface area contributed by atoms with E-state index < -0.39 is 0 Å². The molecule has 0 fully saturated rings. The third kappa shape index (κ3) is 5.09. The lowest BCUT2D eigenvalue weighted by Crippen LogP contribution is -2.34. The average Bonchev–Trinajstić information content (AvgIpc) is 3.26. The molecule has 178 valence electrons. The molecule has 0 N–H and O–H groups in total. The van der Waals surface area contributed by atoms with E-state index in [9.17, 15) is 0 Å². The largest absolute Gasteiger partial charge is 0.117 e. The molecule has 3 rings (SSSR count). The van der Waals surface area contributed by atoms with Crippen molar-refractivity contribution in [3.8, 4) is 0 Å². The topological polar surface area (TPSA) is 0 Å². The molecule has 33 heavy (non-hydrogen) atoms. The van der Waals surface area contributed by atoms with Gasteiger partial charge in [0, 0.05) is 5.92 Å². The molecule has 0 bridgehead atoms. The Balaban J connectivity index is 2.14.